The summed E-state index contributed by atoms with van der Waals surface area (Å²) in [5.41, 5.74) is 0.683. The molecule has 1 aromatic rings. The molecule has 0 unspecified atom stereocenters. The van der Waals surface area contributed by atoms with Gasteiger partial charge < -0.3 is 0 Å². The Balaban J connectivity index is 2.80. The summed E-state index contributed by atoms with van der Waals surface area (Å²) in [5.74, 6) is 0.113. The van der Waals surface area contributed by atoms with Crippen molar-refractivity contribution in [3.63, 3.8) is 0 Å². The van der Waals surface area contributed by atoms with Gasteiger partial charge in [-0.25, -0.2) is 0 Å². The summed E-state index contributed by atoms with van der Waals surface area (Å²) >= 11 is 9.09. The van der Waals surface area contributed by atoms with Crippen molar-refractivity contribution in [2.75, 3.05) is 0 Å². The molecule has 0 bridgehead atoms. The van der Waals surface area contributed by atoms with Crippen LogP contribution in [-0.2, 0) is 0 Å². The second kappa shape index (κ2) is 5.32. The van der Waals surface area contributed by atoms with E-state index in [2.05, 4.69) is 22.5 Å². The summed E-state index contributed by atoms with van der Waals surface area (Å²) in [5, 5.41) is 0.616. The number of hydrogen-bond acceptors (Lipinski definition) is 1. The fraction of sp³-hybridized carbons (Fsp3) is 0.182. The number of carbonyl (C=O) groups excluding carboxylic acids is 1. The second-order valence-electron chi connectivity index (χ2n) is 2.88. The monoisotopic (exact) mass is 272 g/mol. The number of halogens is 2. The Morgan fingerprint density at radius 1 is 1.57 bits per heavy atom. The highest BCUT2D eigenvalue weighted by Gasteiger charge is 2.06. The van der Waals surface area contributed by atoms with Gasteiger partial charge in [-0.1, -0.05) is 17.7 Å². The predicted molar refractivity (Wildman–Crippen MR) is 62.9 cm³/mol. The maximum absolute atomic E-state index is 11.6. The van der Waals surface area contributed by atoms with E-state index < -0.39 is 0 Å². The number of allylic oxidation sites excluding steroid dienone is 1. The van der Waals surface area contributed by atoms with Gasteiger partial charge in [-0.15, -0.1) is 6.58 Å². The Morgan fingerprint density at radius 3 is 2.86 bits per heavy atom. The number of ketones is 1. The molecule has 0 aliphatic rings. The summed E-state index contributed by atoms with van der Waals surface area (Å²) in [6.45, 7) is 3.58. The van der Waals surface area contributed by atoms with Gasteiger partial charge in [0.2, 0.25) is 0 Å². The quantitative estimate of drug-likeness (QED) is 0.592. The lowest BCUT2D eigenvalue weighted by molar-refractivity contribution is 0.0983. The molecule has 0 atom stereocenters. The minimum Gasteiger partial charge on any atom is -0.294 e. The van der Waals surface area contributed by atoms with E-state index in [0.29, 0.717) is 23.4 Å². The van der Waals surface area contributed by atoms with Crippen molar-refractivity contribution in [3.05, 3.63) is 45.9 Å². The maximum atomic E-state index is 11.6. The first-order valence-corrected chi connectivity index (χ1v) is 5.41. The Bertz CT molecular complexity index is 360. The zero-order valence-corrected chi connectivity index (χ0v) is 9.94. The largest absolute Gasteiger partial charge is 0.294 e. The molecule has 0 radical (unpaired) electrons. The lowest BCUT2D eigenvalue weighted by atomic mass is 10.1. The zero-order chi connectivity index (χ0) is 10.6. The highest BCUT2D eigenvalue weighted by molar-refractivity contribution is 9.10. The predicted octanol–water partition coefficient (Wildman–Crippen LogP) is 4.25. The third-order valence-corrected chi connectivity index (χ3v) is 3.03. The van der Waals surface area contributed by atoms with E-state index in [1.165, 1.54) is 0 Å². The van der Waals surface area contributed by atoms with E-state index in [1.807, 2.05) is 0 Å². The Hall–Kier alpha value is -0.600. The third kappa shape index (κ3) is 2.96. The van der Waals surface area contributed by atoms with Crippen LogP contribution in [0.3, 0.4) is 0 Å². The van der Waals surface area contributed by atoms with Gasteiger partial charge in [-0.05, 0) is 40.5 Å². The van der Waals surface area contributed by atoms with E-state index in [4.69, 9.17) is 11.6 Å². The highest BCUT2D eigenvalue weighted by atomic mass is 79.9. The molecule has 74 valence electrons. The van der Waals surface area contributed by atoms with Crippen molar-refractivity contribution in [1.29, 1.82) is 0 Å². The fourth-order valence-electron chi connectivity index (χ4n) is 1.05. The van der Waals surface area contributed by atoms with Crippen LogP contribution in [0.5, 0.6) is 0 Å². The number of carbonyl (C=O) groups is 1. The van der Waals surface area contributed by atoms with Crippen molar-refractivity contribution in [2.45, 2.75) is 12.8 Å². The average molecular weight is 274 g/mol. The molecular weight excluding hydrogens is 263 g/mol. The first-order valence-electron chi connectivity index (χ1n) is 4.24. The van der Waals surface area contributed by atoms with Crippen LogP contribution in [0.2, 0.25) is 5.02 Å². The van der Waals surface area contributed by atoms with Gasteiger partial charge >= 0.3 is 0 Å². The van der Waals surface area contributed by atoms with Crippen LogP contribution >= 0.6 is 27.5 Å². The normalized spacial score (nSPS) is 9.86. The molecule has 0 spiro atoms. The lowest BCUT2D eigenvalue weighted by Gasteiger charge is -2.01. The molecule has 0 fully saturated rings. The fourth-order valence-corrected chi connectivity index (χ4v) is 1.54. The van der Waals surface area contributed by atoms with Crippen molar-refractivity contribution in [3.8, 4) is 0 Å². The molecule has 1 rings (SSSR count). The van der Waals surface area contributed by atoms with Gasteiger partial charge in [0.15, 0.2) is 5.78 Å². The molecular formula is C11H10BrClO. The van der Waals surface area contributed by atoms with Crippen LogP contribution in [0.1, 0.15) is 23.2 Å². The molecule has 14 heavy (non-hydrogen) atoms. The summed E-state index contributed by atoms with van der Waals surface area (Å²) in [6, 6.07) is 5.19. The molecule has 0 N–H and O–H groups in total. The molecule has 0 heterocycles. The molecule has 0 saturated heterocycles. The van der Waals surface area contributed by atoms with Gasteiger partial charge in [-0.2, -0.15) is 0 Å². The Morgan fingerprint density at radius 2 is 2.29 bits per heavy atom. The van der Waals surface area contributed by atoms with Gasteiger partial charge in [0.05, 0.1) is 5.02 Å². The number of benzene rings is 1. The van der Waals surface area contributed by atoms with E-state index in [-0.39, 0.29) is 5.78 Å². The maximum Gasteiger partial charge on any atom is 0.163 e. The smallest absolute Gasteiger partial charge is 0.163 e. The van der Waals surface area contributed by atoms with Crippen LogP contribution in [-0.4, -0.2) is 5.78 Å². The molecule has 1 nitrogen and oxygen atoms in total. The van der Waals surface area contributed by atoms with Crippen LogP contribution in [0.4, 0.5) is 0 Å². The van der Waals surface area contributed by atoms with Crippen molar-refractivity contribution in [2.24, 2.45) is 0 Å². The zero-order valence-electron chi connectivity index (χ0n) is 7.59. The van der Waals surface area contributed by atoms with E-state index in [0.717, 1.165) is 4.47 Å². The standard InChI is InChI=1S/C11H10BrClO/c1-2-3-4-11(14)8-5-6-10(13)9(12)7-8/h2,5-7H,1,3-4H2. The molecule has 0 amide bonds. The Labute approximate surface area is 96.9 Å². The minimum atomic E-state index is 0.113. The SMILES string of the molecule is C=CCCC(=O)c1ccc(Cl)c(Br)c1. The first kappa shape index (κ1) is 11.5. The summed E-state index contributed by atoms with van der Waals surface area (Å²) < 4.78 is 0.753. The van der Waals surface area contributed by atoms with Crippen LogP contribution in [0.25, 0.3) is 0 Å². The van der Waals surface area contributed by atoms with Crippen LogP contribution in [0, 0.1) is 0 Å². The second-order valence-corrected chi connectivity index (χ2v) is 4.14. The van der Waals surface area contributed by atoms with Gasteiger partial charge in [0.1, 0.15) is 0 Å². The van der Waals surface area contributed by atoms with E-state index >= 15 is 0 Å². The van der Waals surface area contributed by atoms with Crippen LogP contribution in [0.15, 0.2) is 35.3 Å². The average Bonchev–Trinajstić information content (AvgIpc) is 2.18. The third-order valence-electron chi connectivity index (χ3n) is 1.82. The van der Waals surface area contributed by atoms with E-state index in [9.17, 15) is 4.79 Å². The lowest BCUT2D eigenvalue weighted by Crippen LogP contribution is -1.97. The van der Waals surface area contributed by atoms with Crippen molar-refractivity contribution >= 4 is 33.3 Å². The van der Waals surface area contributed by atoms with Gasteiger partial charge in [0, 0.05) is 16.5 Å². The number of Topliss-reactive ketones (excluding diaryl/α,β-unsaturated/α-hetero) is 1. The molecule has 3 heteroatoms. The summed E-state index contributed by atoms with van der Waals surface area (Å²) in [7, 11) is 0. The van der Waals surface area contributed by atoms with Crippen LogP contribution < -0.4 is 0 Å². The van der Waals surface area contributed by atoms with Gasteiger partial charge in [-0.3, -0.25) is 4.79 Å². The van der Waals surface area contributed by atoms with E-state index in [1.54, 1.807) is 24.3 Å². The minimum absolute atomic E-state index is 0.113. The topological polar surface area (TPSA) is 17.1 Å². The number of rotatable bonds is 4. The van der Waals surface area contributed by atoms with Gasteiger partial charge in [0.25, 0.3) is 0 Å². The molecule has 1 aromatic carbocycles. The number of hydrogen-bond donors (Lipinski definition) is 0. The van der Waals surface area contributed by atoms with Crippen molar-refractivity contribution in [1.82, 2.24) is 0 Å². The molecule has 0 aliphatic carbocycles. The summed E-state index contributed by atoms with van der Waals surface area (Å²) in [6.07, 6.45) is 2.94. The first-order chi connectivity index (χ1) is 6.65. The Kier molecular flexibility index (Phi) is 4.36. The molecule has 0 saturated carbocycles. The highest BCUT2D eigenvalue weighted by Crippen LogP contribution is 2.23. The molecule has 0 aliphatic heterocycles. The molecule has 0 aromatic heterocycles. The summed E-state index contributed by atoms with van der Waals surface area (Å²) in [4.78, 5) is 11.6. The van der Waals surface area contributed by atoms with Crippen molar-refractivity contribution < 1.29 is 4.79 Å².